The fourth-order valence-electron chi connectivity index (χ4n) is 6.03. The lowest BCUT2D eigenvalue weighted by Crippen LogP contribution is -2.21. The topological polar surface area (TPSA) is 115 Å². The highest BCUT2D eigenvalue weighted by Crippen LogP contribution is 2.40. The molecule has 0 saturated heterocycles. The van der Waals surface area contributed by atoms with E-state index in [1.807, 2.05) is 0 Å². The number of carbonyl (C=O) groups is 4. The zero-order valence-electron chi connectivity index (χ0n) is 27.4. The van der Waals surface area contributed by atoms with Gasteiger partial charge in [0.05, 0.1) is 42.8 Å². The van der Waals surface area contributed by atoms with Crippen molar-refractivity contribution in [1.29, 1.82) is 0 Å². The molecule has 0 fully saturated rings. The fourth-order valence-corrected chi connectivity index (χ4v) is 6.28. The summed E-state index contributed by atoms with van der Waals surface area (Å²) < 4.78 is 25.2. The summed E-state index contributed by atoms with van der Waals surface area (Å²) in [7, 11) is 2.96. The van der Waals surface area contributed by atoms with Crippen LogP contribution in [0.5, 0.6) is 17.2 Å². The van der Waals surface area contributed by atoms with Gasteiger partial charge in [0.25, 0.3) is 11.8 Å². The number of hydrogen-bond donors (Lipinski definition) is 0. The van der Waals surface area contributed by atoms with E-state index >= 15 is 0 Å². The molecule has 0 aliphatic heterocycles. The molecule has 2 heterocycles. The zero-order valence-corrected chi connectivity index (χ0v) is 28.9. The Bertz CT molecular complexity index is 2140. The van der Waals surface area contributed by atoms with Crippen LogP contribution in [0.4, 0.5) is 0 Å². The molecule has 0 amide bonds. The smallest absolute Gasteiger partial charge is 0.349 e. The van der Waals surface area contributed by atoms with E-state index in [2.05, 4.69) is 0 Å². The maximum absolute atomic E-state index is 13.6. The van der Waals surface area contributed by atoms with E-state index in [-0.39, 0.29) is 24.0 Å². The first-order valence-electron chi connectivity index (χ1n) is 15.4. The summed E-state index contributed by atoms with van der Waals surface area (Å²) in [6, 6.07) is 23.3. The van der Waals surface area contributed by atoms with Gasteiger partial charge in [0.1, 0.15) is 11.5 Å². The molecule has 254 valence electrons. The van der Waals surface area contributed by atoms with Crippen LogP contribution < -0.4 is 14.2 Å². The van der Waals surface area contributed by atoms with Gasteiger partial charge in [-0.25, -0.2) is 4.79 Å². The second-order valence-electron chi connectivity index (χ2n) is 11.3. The monoisotopic (exact) mass is 712 g/mol. The van der Waals surface area contributed by atoms with E-state index in [4.69, 9.17) is 42.1 Å². The third kappa shape index (κ3) is 6.31. The predicted octanol–water partition coefficient (Wildman–Crippen LogP) is 7.61. The van der Waals surface area contributed by atoms with Crippen molar-refractivity contribution in [1.82, 2.24) is 9.13 Å². The summed E-state index contributed by atoms with van der Waals surface area (Å²) in [5.74, 6) is -1.37. The average molecular weight is 714 g/mol. The molecule has 4 aromatic carbocycles. The van der Waals surface area contributed by atoms with Crippen LogP contribution in [0.2, 0.25) is 10.0 Å². The van der Waals surface area contributed by atoms with Gasteiger partial charge in [0, 0.05) is 32.3 Å². The quantitative estimate of drug-likeness (QED) is 0.141. The Hall–Kier alpha value is -5.58. The normalized spacial score (nSPS) is 11.1. The van der Waals surface area contributed by atoms with E-state index in [0.717, 1.165) is 0 Å². The largest absolute Gasteiger partial charge is 0.496 e. The lowest BCUT2D eigenvalue weighted by molar-refractivity contribution is -0.153. The summed E-state index contributed by atoms with van der Waals surface area (Å²) in [6.07, 6.45) is -0.265. The first-order valence-corrected chi connectivity index (χ1v) is 16.1. The van der Waals surface area contributed by atoms with Crippen LogP contribution in [0, 0.1) is 13.8 Å². The van der Waals surface area contributed by atoms with Gasteiger partial charge in [0.2, 0.25) is 0 Å². The number of rotatable bonds is 9. The molecule has 6 aromatic rings. The van der Waals surface area contributed by atoms with Crippen LogP contribution in [0.15, 0.2) is 84.9 Å². The van der Waals surface area contributed by atoms with E-state index in [0.29, 0.717) is 71.4 Å². The summed E-state index contributed by atoms with van der Waals surface area (Å²) in [6.45, 7) is 2.64. The first kappa shape index (κ1) is 34.3. The molecular weight excluding hydrogens is 683 g/mol. The zero-order chi connectivity index (χ0) is 35.7. The van der Waals surface area contributed by atoms with Gasteiger partial charge in [-0.15, -0.1) is 0 Å². The number of benzene rings is 4. The molecule has 50 heavy (non-hydrogen) atoms. The van der Waals surface area contributed by atoms with Crippen LogP contribution >= 0.6 is 23.2 Å². The first-order chi connectivity index (χ1) is 24.0. The maximum Gasteiger partial charge on any atom is 0.349 e. The van der Waals surface area contributed by atoms with Gasteiger partial charge < -0.3 is 18.9 Å². The number of fused-ring (bicyclic) bond motifs is 2. The van der Waals surface area contributed by atoms with Crippen LogP contribution in [0.3, 0.4) is 0 Å². The summed E-state index contributed by atoms with van der Waals surface area (Å²) in [4.78, 5) is 53.7. The Kier molecular flexibility index (Phi) is 9.67. The Morgan fingerprint density at radius 2 is 1.10 bits per heavy atom. The van der Waals surface area contributed by atoms with Crippen LogP contribution in [0.1, 0.15) is 37.7 Å². The molecule has 0 N–H and O–H groups in total. The Morgan fingerprint density at radius 3 is 1.62 bits per heavy atom. The van der Waals surface area contributed by atoms with Gasteiger partial charge in [0.15, 0.2) is 12.4 Å². The van der Waals surface area contributed by atoms with Crippen molar-refractivity contribution < 1.29 is 38.1 Å². The van der Waals surface area contributed by atoms with Gasteiger partial charge in [-0.1, -0.05) is 35.3 Å². The number of hydrogen-bond acceptors (Lipinski definition) is 8. The number of esters is 2. The van der Waals surface area contributed by atoms with Gasteiger partial charge in [-0.3, -0.25) is 23.5 Å². The van der Waals surface area contributed by atoms with E-state index in [1.54, 1.807) is 98.8 Å². The molecule has 0 bridgehead atoms. The molecule has 12 heteroatoms. The summed E-state index contributed by atoms with van der Waals surface area (Å²) in [5.41, 5.74) is 3.11. The molecule has 6 rings (SSSR count). The number of aromatic nitrogens is 2. The number of carbonyl (C=O) groups excluding carboxylic acids is 4. The molecule has 0 aliphatic rings. The molecular formula is C38H30Cl2N2O8. The molecule has 0 spiro atoms. The SMILES string of the molecule is COc1cccc2c1c(CC(=O)OCC(=O)Oc1c(C)n(C(=O)c3ccc(Cl)cc3)c3cccc(OC)c13)c(C)n2C(=O)c1ccc(Cl)cc1. The number of nitrogens with zero attached hydrogens (tertiary/aromatic N) is 2. The second kappa shape index (κ2) is 14.1. The Morgan fingerprint density at radius 1 is 0.620 bits per heavy atom. The summed E-state index contributed by atoms with van der Waals surface area (Å²) in [5, 5.41) is 1.93. The molecule has 2 aromatic heterocycles. The minimum absolute atomic E-state index is 0.0881. The number of halogens is 2. The third-order valence-corrected chi connectivity index (χ3v) is 8.88. The minimum atomic E-state index is -0.875. The molecule has 10 nitrogen and oxygen atoms in total. The van der Waals surface area contributed by atoms with Crippen molar-refractivity contribution in [3.8, 4) is 17.2 Å². The van der Waals surface area contributed by atoms with E-state index < -0.39 is 18.5 Å². The van der Waals surface area contributed by atoms with Crippen molar-refractivity contribution in [2.24, 2.45) is 0 Å². The van der Waals surface area contributed by atoms with Crippen molar-refractivity contribution in [3.63, 3.8) is 0 Å². The average Bonchev–Trinajstić information content (AvgIpc) is 3.56. The summed E-state index contributed by atoms with van der Waals surface area (Å²) >= 11 is 12.1. The number of ether oxygens (including phenoxy) is 4. The third-order valence-electron chi connectivity index (χ3n) is 8.37. The lowest BCUT2D eigenvalue weighted by Gasteiger charge is -2.09. The van der Waals surface area contributed by atoms with Crippen molar-refractivity contribution in [2.45, 2.75) is 20.3 Å². The lowest BCUT2D eigenvalue weighted by atomic mass is 10.1. The molecule has 0 aliphatic carbocycles. The highest BCUT2D eigenvalue weighted by molar-refractivity contribution is 6.31. The van der Waals surface area contributed by atoms with Crippen LogP contribution in [0.25, 0.3) is 21.8 Å². The van der Waals surface area contributed by atoms with Crippen molar-refractivity contribution >= 4 is 68.8 Å². The van der Waals surface area contributed by atoms with Crippen molar-refractivity contribution in [3.05, 3.63) is 123 Å². The number of methoxy groups -OCH3 is 2. The standard InChI is InChI=1S/C38H30Cl2N2O8/c1-21-27(34-28(7-5-9-30(34)47-3)41(21)37(45)23-11-15-25(39)16-12-23)19-32(43)49-20-33(44)50-36-22(2)42(29-8-6-10-31(48-4)35(29)36)38(46)24-13-17-26(40)18-14-24/h5-18H,19-20H2,1-4H3. The van der Waals surface area contributed by atoms with Gasteiger partial charge in [-0.2, -0.15) is 0 Å². The molecule has 0 unspecified atom stereocenters. The van der Waals surface area contributed by atoms with Crippen LogP contribution in [-0.2, 0) is 20.7 Å². The van der Waals surface area contributed by atoms with Crippen molar-refractivity contribution in [2.75, 3.05) is 20.8 Å². The molecule has 0 saturated carbocycles. The van der Waals surface area contributed by atoms with Gasteiger partial charge in [-0.05, 0) is 92.2 Å². The molecule has 0 radical (unpaired) electrons. The highest BCUT2D eigenvalue weighted by Gasteiger charge is 2.27. The Balaban J connectivity index is 1.25. The Labute approximate surface area is 296 Å². The fraction of sp³-hybridized carbons (Fsp3) is 0.158. The maximum atomic E-state index is 13.6. The van der Waals surface area contributed by atoms with Gasteiger partial charge >= 0.3 is 11.9 Å². The highest BCUT2D eigenvalue weighted by atomic mass is 35.5. The molecule has 0 atom stereocenters. The van der Waals surface area contributed by atoms with E-state index in [1.165, 1.54) is 23.4 Å². The predicted molar refractivity (Wildman–Crippen MR) is 189 cm³/mol. The second-order valence-corrected chi connectivity index (χ2v) is 12.2. The minimum Gasteiger partial charge on any atom is -0.496 e. The van der Waals surface area contributed by atoms with Crippen LogP contribution in [-0.4, -0.2) is 53.7 Å². The van der Waals surface area contributed by atoms with E-state index in [9.17, 15) is 19.2 Å².